The number of amides is 1. The Balaban J connectivity index is 0.00000242. The Bertz CT molecular complexity index is 527. The van der Waals surface area contributed by atoms with E-state index in [1.807, 2.05) is 0 Å². The summed E-state index contributed by atoms with van der Waals surface area (Å²) in [6.45, 7) is -5.52. The van der Waals surface area contributed by atoms with Crippen LogP contribution in [0.4, 0.5) is 17.7 Å². The Morgan fingerprint density at radius 2 is 1.86 bits per heavy atom. The van der Waals surface area contributed by atoms with Crippen molar-refractivity contribution < 1.29 is 78.7 Å². The summed E-state index contributed by atoms with van der Waals surface area (Å²) < 4.78 is 42.5. The number of hydrogen-bond acceptors (Lipinski definition) is 3. The van der Waals surface area contributed by atoms with E-state index >= 15 is 0 Å². The van der Waals surface area contributed by atoms with Crippen LogP contribution in [0, 0.1) is 0 Å². The number of likely N-dealkylation sites (tertiary alicyclic amines) is 1. The van der Waals surface area contributed by atoms with Crippen molar-refractivity contribution in [2.24, 2.45) is 0 Å². The molecule has 0 spiro atoms. The molecule has 9 heteroatoms. The smallest absolute Gasteiger partial charge is 0.445 e. The number of benzene rings is 1. The zero-order valence-corrected chi connectivity index (χ0v) is 15.3. The molecule has 0 radical (unpaired) electrons. The van der Waals surface area contributed by atoms with Crippen molar-refractivity contribution in [2.45, 2.75) is 25.5 Å². The number of nitrogens with zero attached hydrogens (tertiary/aromatic N) is 1. The monoisotopic (exact) mass is 339 g/mol. The molecule has 0 aliphatic carbocycles. The Kier molecular flexibility index (Phi) is 7.60. The molecule has 1 aromatic carbocycles. The molecule has 1 heterocycles. The van der Waals surface area contributed by atoms with Gasteiger partial charge in [0.1, 0.15) is 6.61 Å². The molecule has 0 bridgehead atoms. The first-order valence-corrected chi connectivity index (χ1v) is 6.60. The summed E-state index contributed by atoms with van der Waals surface area (Å²) in [5.74, 6) is 0. The molecular weight excluding hydrogens is 325 g/mol. The number of hydrogen-bond donors (Lipinski definition) is 0. The Morgan fingerprint density at radius 1 is 1.23 bits per heavy atom. The van der Waals surface area contributed by atoms with Gasteiger partial charge in [-0.2, -0.15) is 0 Å². The van der Waals surface area contributed by atoms with Crippen LogP contribution in [0.1, 0.15) is 18.4 Å². The predicted octanol–water partition coefficient (Wildman–Crippen LogP) is -0.253. The van der Waals surface area contributed by atoms with Crippen LogP contribution in [-0.4, -0.2) is 36.2 Å². The molecule has 1 saturated heterocycles. The molecule has 1 aromatic rings. The number of carbonyl (C=O) groups excluding carboxylic acids is 2. The van der Waals surface area contributed by atoms with E-state index in [-0.39, 0.29) is 71.0 Å². The molecule has 4 nitrogen and oxygen atoms in total. The van der Waals surface area contributed by atoms with Crippen LogP contribution in [0.3, 0.4) is 0 Å². The normalized spacial score (nSPS) is 17.8. The van der Waals surface area contributed by atoms with Crippen molar-refractivity contribution >= 4 is 18.8 Å². The van der Waals surface area contributed by atoms with E-state index in [0.717, 1.165) is 10.5 Å². The number of halogens is 3. The fourth-order valence-corrected chi connectivity index (χ4v) is 2.30. The van der Waals surface area contributed by atoms with Gasteiger partial charge in [0.2, 0.25) is 0 Å². The van der Waals surface area contributed by atoms with E-state index in [9.17, 15) is 22.5 Å². The summed E-state index contributed by atoms with van der Waals surface area (Å²) in [5, 5.41) is 0. The number of ether oxygens (including phenoxy) is 1. The first-order valence-electron chi connectivity index (χ1n) is 6.60. The van der Waals surface area contributed by atoms with E-state index in [1.165, 1.54) is 0 Å². The van der Waals surface area contributed by atoms with E-state index in [1.54, 1.807) is 30.3 Å². The fourth-order valence-electron chi connectivity index (χ4n) is 2.30. The second-order valence-electron chi connectivity index (χ2n) is 4.87. The minimum atomic E-state index is -5.59. The van der Waals surface area contributed by atoms with Gasteiger partial charge >= 0.3 is 64.5 Å². The maximum Gasteiger partial charge on any atom is 1.00 e. The molecular formula is C13H14BF3KNO3. The van der Waals surface area contributed by atoms with Crippen LogP contribution in [0.25, 0.3) is 0 Å². The maximum absolute atomic E-state index is 12.5. The van der Waals surface area contributed by atoms with E-state index in [2.05, 4.69) is 0 Å². The maximum atomic E-state index is 12.5. The van der Waals surface area contributed by atoms with Crippen LogP contribution in [-0.2, 0) is 16.1 Å². The van der Waals surface area contributed by atoms with Crippen molar-refractivity contribution in [2.75, 3.05) is 6.54 Å². The van der Waals surface area contributed by atoms with Crippen molar-refractivity contribution in [3.8, 4) is 0 Å². The summed E-state index contributed by atoms with van der Waals surface area (Å²) in [6.07, 6.45) is -0.487. The van der Waals surface area contributed by atoms with Crippen molar-refractivity contribution in [3.05, 3.63) is 35.9 Å². The Labute approximate surface area is 168 Å². The first-order chi connectivity index (χ1) is 9.89. The van der Waals surface area contributed by atoms with Crippen LogP contribution < -0.4 is 51.4 Å². The van der Waals surface area contributed by atoms with Gasteiger partial charge in [-0.25, -0.2) is 4.79 Å². The van der Waals surface area contributed by atoms with Gasteiger partial charge in [0.15, 0.2) is 0 Å². The molecule has 1 fully saturated rings. The largest absolute Gasteiger partial charge is 1.00 e. The molecule has 2 rings (SSSR count). The minimum Gasteiger partial charge on any atom is -0.445 e. The van der Waals surface area contributed by atoms with Gasteiger partial charge in [0, 0.05) is 6.54 Å². The average molecular weight is 339 g/mol. The first kappa shape index (κ1) is 19.7. The summed E-state index contributed by atoms with van der Waals surface area (Å²) >= 11 is 0. The van der Waals surface area contributed by atoms with Crippen molar-refractivity contribution in [1.82, 2.24) is 4.90 Å². The van der Waals surface area contributed by atoms with Crippen LogP contribution >= 0.6 is 0 Å². The third-order valence-corrected chi connectivity index (χ3v) is 3.34. The van der Waals surface area contributed by atoms with Gasteiger partial charge in [-0.3, -0.25) is 0 Å². The topological polar surface area (TPSA) is 46.6 Å². The molecule has 0 saturated carbocycles. The van der Waals surface area contributed by atoms with Crippen LogP contribution in [0.5, 0.6) is 0 Å². The molecule has 22 heavy (non-hydrogen) atoms. The average Bonchev–Trinajstić information content (AvgIpc) is 2.93. The summed E-state index contributed by atoms with van der Waals surface area (Å²) in [4.78, 5) is 24.0. The van der Waals surface area contributed by atoms with E-state index in [0.29, 0.717) is 6.42 Å². The number of carbonyl (C=O) groups is 2. The zero-order chi connectivity index (χ0) is 15.5. The molecule has 0 N–H and O–H groups in total. The zero-order valence-electron chi connectivity index (χ0n) is 12.2. The Morgan fingerprint density at radius 3 is 2.45 bits per heavy atom. The fraction of sp³-hybridized carbons (Fsp3) is 0.385. The Hall–Kier alpha value is -0.349. The van der Waals surface area contributed by atoms with Gasteiger partial charge in [-0.1, -0.05) is 30.3 Å². The third-order valence-electron chi connectivity index (χ3n) is 3.34. The molecule has 1 aliphatic rings. The summed E-state index contributed by atoms with van der Waals surface area (Å²) in [7, 11) is 0. The molecule has 0 aromatic heterocycles. The van der Waals surface area contributed by atoms with E-state index in [4.69, 9.17) is 4.74 Å². The summed E-state index contributed by atoms with van der Waals surface area (Å²) in [5.41, 5.74) is -1.10. The van der Waals surface area contributed by atoms with Crippen molar-refractivity contribution in [1.29, 1.82) is 0 Å². The van der Waals surface area contributed by atoms with Crippen LogP contribution in [0.15, 0.2) is 30.3 Å². The standard InChI is InChI=1S/C13H14BF3NO3.K/c15-14(16,17)12(19)11-7-4-8-18(11)13(20)21-9-10-5-2-1-3-6-10;/h1-3,5-6,11H,4,7-9H2;/q-1;+1/t11-;/m0./s1. The quantitative estimate of drug-likeness (QED) is 0.711. The van der Waals surface area contributed by atoms with Gasteiger partial charge in [-0.15, -0.1) is 0 Å². The second kappa shape index (κ2) is 8.49. The molecule has 1 atom stereocenters. The molecule has 1 amide bonds. The van der Waals surface area contributed by atoms with Crippen LogP contribution in [0.2, 0.25) is 0 Å². The predicted molar refractivity (Wildman–Crippen MR) is 70.4 cm³/mol. The second-order valence-corrected chi connectivity index (χ2v) is 4.87. The third kappa shape index (κ3) is 5.09. The van der Waals surface area contributed by atoms with Gasteiger partial charge in [0.05, 0.1) is 11.7 Å². The molecule has 0 unspecified atom stereocenters. The SMILES string of the molecule is O=C(OCc1ccccc1)N1CCC[C@H]1C(=O)[B-](F)(F)F.[K+]. The van der Waals surface area contributed by atoms with Gasteiger partial charge < -0.3 is 27.4 Å². The van der Waals surface area contributed by atoms with Gasteiger partial charge in [-0.05, 0) is 18.4 Å². The summed E-state index contributed by atoms with van der Waals surface area (Å²) in [6, 6.07) is 7.35. The molecule has 114 valence electrons. The molecule has 1 aliphatic heterocycles. The van der Waals surface area contributed by atoms with Crippen molar-refractivity contribution in [3.63, 3.8) is 0 Å². The number of rotatable bonds is 4. The minimum absolute atomic E-state index is 0. The van der Waals surface area contributed by atoms with Gasteiger partial charge in [0.25, 0.3) is 0 Å². The van der Waals surface area contributed by atoms with E-state index < -0.39 is 24.8 Å².